The molecule has 25 heavy (non-hydrogen) atoms. The van der Waals surface area contributed by atoms with Crippen molar-refractivity contribution in [3.8, 4) is 11.8 Å². The van der Waals surface area contributed by atoms with Gasteiger partial charge in [0.2, 0.25) is 0 Å². The Hall–Kier alpha value is -2.36. The van der Waals surface area contributed by atoms with Crippen molar-refractivity contribution in [2.45, 2.75) is 32.4 Å². The molecule has 0 aliphatic carbocycles. The maximum absolute atomic E-state index is 8.96. The number of nitrogens with zero attached hydrogens (tertiary/aromatic N) is 3. The molecule has 1 aliphatic rings. The lowest BCUT2D eigenvalue weighted by molar-refractivity contribution is 0.105. The molecular weight excluding hydrogens is 316 g/mol. The molecule has 1 N–H and O–H groups in total. The molecule has 0 radical (unpaired) electrons. The number of imidazole rings is 1. The van der Waals surface area contributed by atoms with Crippen LogP contribution in [-0.4, -0.2) is 47.8 Å². The molecule has 2 heterocycles. The summed E-state index contributed by atoms with van der Waals surface area (Å²) in [5.41, 5.74) is 2.76. The van der Waals surface area contributed by atoms with Crippen LogP contribution >= 0.6 is 0 Å². The third kappa shape index (κ3) is 4.01. The normalized spacial score (nSPS) is 20.6. The van der Waals surface area contributed by atoms with E-state index >= 15 is 0 Å². The fourth-order valence-corrected chi connectivity index (χ4v) is 3.23. The zero-order chi connectivity index (χ0) is 17.8. The fraction of sp³-hybridized carbons (Fsp3) is 0.474. The first-order valence-corrected chi connectivity index (χ1v) is 8.53. The van der Waals surface area contributed by atoms with Gasteiger partial charge in [0, 0.05) is 25.9 Å². The standard InChI is InChI=1S/C19H24N4O2/c1-13-14(2)22-19(21-13)18-10-17(24-3)12-23(18)7-8-25-16-6-4-5-15(9-16)11-20/h4-6,9,17-18H,7-8,10,12H2,1-3H3,(H,21,22)/t17-,18+/m1/s1. The Morgan fingerprint density at radius 2 is 2.24 bits per heavy atom. The monoisotopic (exact) mass is 340 g/mol. The number of benzene rings is 1. The molecule has 1 aliphatic heterocycles. The molecule has 1 fully saturated rings. The van der Waals surface area contributed by atoms with E-state index in [1.165, 1.54) is 0 Å². The molecule has 0 saturated carbocycles. The van der Waals surface area contributed by atoms with Crippen LogP contribution in [0.1, 0.15) is 35.2 Å². The number of hydrogen-bond acceptors (Lipinski definition) is 5. The molecule has 6 nitrogen and oxygen atoms in total. The number of rotatable bonds is 6. The highest BCUT2D eigenvalue weighted by atomic mass is 16.5. The first kappa shape index (κ1) is 17.5. The summed E-state index contributed by atoms with van der Waals surface area (Å²) >= 11 is 0. The maximum Gasteiger partial charge on any atom is 0.124 e. The number of nitriles is 1. The van der Waals surface area contributed by atoms with E-state index in [0.29, 0.717) is 12.2 Å². The lowest BCUT2D eigenvalue weighted by Gasteiger charge is -2.22. The van der Waals surface area contributed by atoms with Gasteiger partial charge in [-0.25, -0.2) is 4.98 Å². The Morgan fingerprint density at radius 3 is 2.92 bits per heavy atom. The molecule has 0 amide bonds. The molecule has 1 saturated heterocycles. The number of methoxy groups -OCH3 is 1. The van der Waals surface area contributed by atoms with Gasteiger partial charge in [-0.3, -0.25) is 4.90 Å². The van der Waals surface area contributed by atoms with E-state index in [9.17, 15) is 0 Å². The number of hydrogen-bond donors (Lipinski definition) is 1. The van der Waals surface area contributed by atoms with Crippen LogP contribution in [0.25, 0.3) is 0 Å². The summed E-state index contributed by atoms with van der Waals surface area (Å²) in [6, 6.07) is 9.59. The highest BCUT2D eigenvalue weighted by molar-refractivity contribution is 5.36. The molecule has 0 spiro atoms. The van der Waals surface area contributed by atoms with Crippen molar-refractivity contribution in [1.29, 1.82) is 5.26 Å². The zero-order valence-electron chi connectivity index (χ0n) is 15.0. The SMILES string of the molecule is CO[C@@H]1C[C@@H](c2nc(C)c(C)[nH]2)N(CCOc2cccc(C#N)c2)C1. The molecule has 1 aromatic carbocycles. The van der Waals surface area contributed by atoms with E-state index in [2.05, 4.69) is 20.9 Å². The molecule has 3 rings (SSSR count). The Bertz CT molecular complexity index is 746. The summed E-state index contributed by atoms with van der Waals surface area (Å²) < 4.78 is 11.4. The molecule has 0 unspecified atom stereocenters. The summed E-state index contributed by atoms with van der Waals surface area (Å²) in [5.74, 6) is 1.73. The van der Waals surface area contributed by atoms with Crippen molar-refractivity contribution in [2.75, 3.05) is 26.8 Å². The van der Waals surface area contributed by atoms with Crippen LogP contribution in [0.4, 0.5) is 0 Å². The average molecular weight is 340 g/mol. The number of ether oxygens (including phenoxy) is 2. The Morgan fingerprint density at radius 1 is 1.40 bits per heavy atom. The van der Waals surface area contributed by atoms with Crippen LogP contribution in [0.3, 0.4) is 0 Å². The van der Waals surface area contributed by atoms with Gasteiger partial charge in [0.1, 0.15) is 18.2 Å². The van der Waals surface area contributed by atoms with E-state index in [4.69, 9.17) is 14.7 Å². The van der Waals surface area contributed by atoms with Gasteiger partial charge < -0.3 is 14.5 Å². The zero-order valence-corrected chi connectivity index (χ0v) is 15.0. The summed E-state index contributed by atoms with van der Waals surface area (Å²) in [4.78, 5) is 10.4. The smallest absolute Gasteiger partial charge is 0.124 e. The van der Waals surface area contributed by atoms with E-state index in [1.807, 2.05) is 26.0 Å². The predicted molar refractivity (Wildman–Crippen MR) is 94.4 cm³/mol. The van der Waals surface area contributed by atoms with E-state index in [0.717, 1.165) is 42.5 Å². The minimum Gasteiger partial charge on any atom is -0.492 e. The second-order valence-corrected chi connectivity index (χ2v) is 6.42. The molecule has 2 aromatic rings. The number of aryl methyl sites for hydroxylation is 2. The Labute approximate surface area is 148 Å². The van der Waals surface area contributed by atoms with Crippen LogP contribution < -0.4 is 4.74 Å². The molecule has 2 atom stereocenters. The van der Waals surface area contributed by atoms with Gasteiger partial charge in [-0.2, -0.15) is 5.26 Å². The van der Waals surface area contributed by atoms with Crippen LogP contribution in [0.2, 0.25) is 0 Å². The highest BCUT2D eigenvalue weighted by Gasteiger charge is 2.34. The molecule has 0 bridgehead atoms. The van der Waals surface area contributed by atoms with Gasteiger partial charge in [0.05, 0.1) is 29.5 Å². The van der Waals surface area contributed by atoms with Gasteiger partial charge in [0.25, 0.3) is 0 Å². The van der Waals surface area contributed by atoms with E-state index in [1.54, 1.807) is 19.2 Å². The van der Waals surface area contributed by atoms with Crippen LogP contribution in [0.15, 0.2) is 24.3 Å². The second kappa shape index (κ2) is 7.68. The van der Waals surface area contributed by atoms with Crippen molar-refractivity contribution in [1.82, 2.24) is 14.9 Å². The third-order valence-electron chi connectivity index (χ3n) is 4.77. The molecule has 1 aromatic heterocycles. The largest absolute Gasteiger partial charge is 0.492 e. The van der Waals surface area contributed by atoms with Gasteiger partial charge in [-0.15, -0.1) is 0 Å². The second-order valence-electron chi connectivity index (χ2n) is 6.42. The van der Waals surface area contributed by atoms with Gasteiger partial charge in [-0.1, -0.05) is 6.07 Å². The summed E-state index contributed by atoms with van der Waals surface area (Å²) in [7, 11) is 1.76. The first-order valence-electron chi connectivity index (χ1n) is 8.53. The van der Waals surface area contributed by atoms with Crippen molar-refractivity contribution < 1.29 is 9.47 Å². The minimum absolute atomic E-state index is 0.206. The molecule has 132 valence electrons. The van der Waals surface area contributed by atoms with Crippen LogP contribution in [-0.2, 0) is 4.74 Å². The predicted octanol–water partition coefficient (Wildman–Crippen LogP) is 2.74. The quantitative estimate of drug-likeness (QED) is 0.875. The maximum atomic E-state index is 8.96. The first-order chi connectivity index (χ1) is 12.1. The number of nitrogens with one attached hydrogen (secondary N) is 1. The minimum atomic E-state index is 0.206. The van der Waals surface area contributed by atoms with Crippen molar-refractivity contribution in [3.05, 3.63) is 47.0 Å². The Balaban J connectivity index is 1.63. The van der Waals surface area contributed by atoms with Crippen LogP contribution in [0, 0.1) is 25.2 Å². The lowest BCUT2D eigenvalue weighted by Crippen LogP contribution is -2.30. The van der Waals surface area contributed by atoms with Gasteiger partial charge in [0.15, 0.2) is 0 Å². The number of aromatic nitrogens is 2. The van der Waals surface area contributed by atoms with Crippen molar-refractivity contribution in [2.24, 2.45) is 0 Å². The van der Waals surface area contributed by atoms with E-state index < -0.39 is 0 Å². The third-order valence-corrected chi connectivity index (χ3v) is 4.77. The average Bonchev–Trinajstić information content (AvgIpc) is 3.18. The fourth-order valence-electron chi connectivity index (χ4n) is 3.23. The van der Waals surface area contributed by atoms with Gasteiger partial charge in [-0.05, 0) is 38.5 Å². The topological polar surface area (TPSA) is 74.2 Å². The van der Waals surface area contributed by atoms with Crippen molar-refractivity contribution >= 4 is 0 Å². The van der Waals surface area contributed by atoms with Crippen LogP contribution in [0.5, 0.6) is 5.75 Å². The number of likely N-dealkylation sites (tertiary alicyclic amines) is 1. The molecule has 6 heteroatoms. The van der Waals surface area contributed by atoms with Gasteiger partial charge >= 0.3 is 0 Å². The summed E-state index contributed by atoms with van der Waals surface area (Å²) in [6.07, 6.45) is 1.13. The summed E-state index contributed by atoms with van der Waals surface area (Å²) in [6.45, 7) is 6.26. The van der Waals surface area contributed by atoms with E-state index in [-0.39, 0.29) is 12.1 Å². The number of H-pyrrole nitrogens is 1. The van der Waals surface area contributed by atoms with Crippen molar-refractivity contribution in [3.63, 3.8) is 0 Å². The molecular formula is C19H24N4O2. The number of aromatic amines is 1. The summed E-state index contributed by atoms with van der Waals surface area (Å²) in [5, 5.41) is 8.96. The lowest BCUT2D eigenvalue weighted by atomic mass is 10.2. The highest BCUT2D eigenvalue weighted by Crippen LogP contribution is 2.32. The Kier molecular flexibility index (Phi) is 5.37.